The zero-order chi connectivity index (χ0) is 23.0. The molecule has 2 aliphatic heterocycles. The van der Waals surface area contributed by atoms with E-state index in [1.54, 1.807) is 12.1 Å². The minimum atomic E-state index is -0.446. The third kappa shape index (κ3) is 6.42. The monoisotopic (exact) mass is 458 g/mol. The molecular formula is C23H35FN8O. The summed E-state index contributed by atoms with van der Waals surface area (Å²) < 4.78 is 19.2. The van der Waals surface area contributed by atoms with Gasteiger partial charge in [-0.2, -0.15) is 15.0 Å². The number of likely N-dealkylation sites (N-methyl/N-ethyl adjacent to an activating group) is 1. The third-order valence-electron chi connectivity index (χ3n) is 6.31. The maximum absolute atomic E-state index is 14.2. The molecule has 4 rings (SSSR count). The summed E-state index contributed by atoms with van der Waals surface area (Å²) in [4.78, 5) is 16.2. The number of ether oxygens (including phenoxy) is 1. The Morgan fingerprint density at radius 2 is 1.76 bits per heavy atom. The molecule has 3 heterocycles. The summed E-state index contributed by atoms with van der Waals surface area (Å²) >= 11 is 0. The molecule has 1 aromatic carbocycles. The predicted molar refractivity (Wildman–Crippen MR) is 128 cm³/mol. The number of nitrogens with zero attached hydrogens (tertiary/aromatic N) is 5. The van der Waals surface area contributed by atoms with Gasteiger partial charge in [-0.05, 0) is 50.9 Å². The average Bonchev–Trinajstić information content (AvgIpc) is 3.12. The summed E-state index contributed by atoms with van der Waals surface area (Å²) in [5.41, 5.74) is 3.89. The summed E-state index contributed by atoms with van der Waals surface area (Å²) in [6, 6.07) is 5.16. The number of hydrazine groups is 1. The Hall–Kier alpha value is -2.72. The number of anilines is 4. The molecule has 1 unspecified atom stereocenters. The second-order valence-corrected chi connectivity index (χ2v) is 8.60. The molecule has 3 N–H and O–H groups in total. The maximum Gasteiger partial charge on any atom is 0.244 e. The highest BCUT2D eigenvalue weighted by Crippen LogP contribution is 2.24. The second kappa shape index (κ2) is 11.4. The van der Waals surface area contributed by atoms with Crippen LogP contribution in [0.5, 0.6) is 5.75 Å². The van der Waals surface area contributed by atoms with Crippen molar-refractivity contribution in [3.8, 4) is 5.75 Å². The van der Waals surface area contributed by atoms with Crippen LogP contribution in [-0.2, 0) is 0 Å². The van der Waals surface area contributed by atoms with Crippen molar-refractivity contribution in [3.05, 3.63) is 24.0 Å². The van der Waals surface area contributed by atoms with Crippen molar-refractivity contribution >= 4 is 23.5 Å². The minimum Gasteiger partial charge on any atom is -0.494 e. The van der Waals surface area contributed by atoms with Crippen LogP contribution in [0.3, 0.4) is 0 Å². The molecule has 1 atom stereocenters. The first kappa shape index (κ1) is 23.4. The van der Waals surface area contributed by atoms with Gasteiger partial charge in [0, 0.05) is 37.4 Å². The number of aromatic nitrogens is 3. The van der Waals surface area contributed by atoms with Crippen LogP contribution in [-0.4, -0.2) is 70.7 Å². The van der Waals surface area contributed by atoms with E-state index in [0.29, 0.717) is 29.6 Å². The van der Waals surface area contributed by atoms with Gasteiger partial charge in [0.15, 0.2) is 11.6 Å². The molecule has 33 heavy (non-hydrogen) atoms. The lowest BCUT2D eigenvalue weighted by molar-refractivity contribution is 0.276. The number of halogens is 1. The molecule has 9 nitrogen and oxygen atoms in total. The first-order valence-corrected chi connectivity index (χ1v) is 12.0. The lowest BCUT2D eigenvalue weighted by atomic mass is 10.2. The van der Waals surface area contributed by atoms with Crippen LogP contribution in [0.4, 0.5) is 27.9 Å². The topological polar surface area (TPSA) is 90.5 Å². The third-order valence-corrected chi connectivity index (χ3v) is 6.31. The molecule has 0 saturated carbocycles. The van der Waals surface area contributed by atoms with Crippen molar-refractivity contribution in [2.45, 2.75) is 51.5 Å². The van der Waals surface area contributed by atoms with E-state index >= 15 is 0 Å². The van der Waals surface area contributed by atoms with E-state index in [9.17, 15) is 4.39 Å². The lowest BCUT2D eigenvalue weighted by Crippen LogP contribution is -2.35. The Bertz CT molecular complexity index is 906. The molecule has 0 amide bonds. The average molecular weight is 459 g/mol. The standard InChI is InChI=1S/C23H35FN8O/c1-3-31-12-8-9-18(31)16-25-21-27-22(26-17-10-11-20(33-2)19(24)15-17)29-23(28-21)30-32-13-6-4-5-7-14-32/h10-11,15,18H,3-9,12-14,16H2,1-2H3,(H3,25,26,27,28,29,30). The zero-order valence-corrected chi connectivity index (χ0v) is 19.6. The highest BCUT2D eigenvalue weighted by atomic mass is 19.1. The molecule has 2 saturated heterocycles. The maximum atomic E-state index is 14.2. The molecular weight excluding hydrogens is 423 g/mol. The van der Waals surface area contributed by atoms with Crippen LogP contribution in [0.25, 0.3) is 0 Å². The summed E-state index contributed by atoms with van der Waals surface area (Å²) in [6.45, 7) is 7.06. The van der Waals surface area contributed by atoms with Crippen LogP contribution >= 0.6 is 0 Å². The van der Waals surface area contributed by atoms with Crippen molar-refractivity contribution in [2.75, 3.05) is 55.9 Å². The minimum absolute atomic E-state index is 0.194. The number of nitrogens with one attached hydrogen (secondary N) is 3. The van der Waals surface area contributed by atoms with Gasteiger partial charge in [-0.15, -0.1) is 0 Å². The molecule has 0 bridgehead atoms. The fourth-order valence-corrected chi connectivity index (χ4v) is 4.51. The molecule has 180 valence electrons. The van der Waals surface area contributed by atoms with Gasteiger partial charge in [0.2, 0.25) is 17.8 Å². The van der Waals surface area contributed by atoms with Crippen LogP contribution in [0.15, 0.2) is 18.2 Å². The van der Waals surface area contributed by atoms with Gasteiger partial charge in [0.05, 0.1) is 7.11 Å². The van der Waals surface area contributed by atoms with Crippen LogP contribution in [0.1, 0.15) is 45.4 Å². The number of benzene rings is 1. The molecule has 0 spiro atoms. The summed E-state index contributed by atoms with van der Waals surface area (Å²) in [6.07, 6.45) is 7.17. The lowest BCUT2D eigenvalue weighted by Gasteiger charge is -2.23. The highest BCUT2D eigenvalue weighted by Gasteiger charge is 2.23. The molecule has 2 fully saturated rings. The molecule has 1 aromatic heterocycles. The molecule has 2 aliphatic rings. The molecule has 2 aromatic rings. The van der Waals surface area contributed by atoms with Crippen molar-refractivity contribution in [1.29, 1.82) is 0 Å². The number of rotatable bonds is 9. The van der Waals surface area contributed by atoms with Crippen molar-refractivity contribution in [2.24, 2.45) is 0 Å². The van der Waals surface area contributed by atoms with Gasteiger partial charge in [-0.25, -0.2) is 9.40 Å². The number of likely N-dealkylation sites (tertiary alicyclic amines) is 1. The Kier molecular flexibility index (Phi) is 8.11. The Balaban J connectivity index is 1.52. The quantitative estimate of drug-likeness (QED) is 0.518. The van der Waals surface area contributed by atoms with Crippen molar-refractivity contribution < 1.29 is 9.13 Å². The van der Waals surface area contributed by atoms with E-state index in [-0.39, 0.29) is 5.75 Å². The van der Waals surface area contributed by atoms with E-state index in [4.69, 9.17) is 4.74 Å². The van der Waals surface area contributed by atoms with Gasteiger partial charge < -0.3 is 15.4 Å². The smallest absolute Gasteiger partial charge is 0.244 e. The zero-order valence-electron chi connectivity index (χ0n) is 19.6. The van der Waals surface area contributed by atoms with E-state index in [1.165, 1.54) is 38.9 Å². The molecule has 10 heteroatoms. The highest BCUT2D eigenvalue weighted by molar-refractivity contribution is 5.57. The van der Waals surface area contributed by atoms with Crippen molar-refractivity contribution in [3.63, 3.8) is 0 Å². The summed E-state index contributed by atoms with van der Waals surface area (Å²) in [7, 11) is 1.44. The Morgan fingerprint density at radius 1 is 1.00 bits per heavy atom. The normalized spacial score (nSPS) is 19.8. The van der Waals surface area contributed by atoms with Crippen molar-refractivity contribution in [1.82, 2.24) is 24.9 Å². The van der Waals surface area contributed by atoms with Gasteiger partial charge >= 0.3 is 0 Å². The first-order chi connectivity index (χ1) is 16.1. The van der Waals surface area contributed by atoms with Crippen LogP contribution in [0.2, 0.25) is 0 Å². The number of methoxy groups -OCH3 is 1. The summed E-state index contributed by atoms with van der Waals surface area (Å²) in [5.74, 6) is 1.08. The predicted octanol–water partition coefficient (Wildman–Crippen LogP) is 3.86. The first-order valence-electron chi connectivity index (χ1n) is 12.0. The van der Waals surface area contributed by atoms with Crippen LogP contribution in [0, 0.1) is 5.82 Å². The fraction of sp³-hybridized carbons (Fsp3) is 0.609. The van der Waals surface area contributed by atoms with E-state index in [0.717, 1.165) is 45.6 Å². The molecule has 0 radical (unpaired) electrons. The largest absolute Gasteiger partial charge is 0.494 e. The SMILES string of the molecule is CCN1CCCC1CNc1nc(Nc2ccc(OC)c(F)c2)nc(NN2CCCCCC2)n1. The van der Waals surface area contributed by atoms with Crippen LogP contribution < -0.4 is 20.8 Å². The number of hydrogen-bond donors (Lipinski definition) is 3. The van der Waals surface area contributed by atoms with E-state index in [2.05, 4.69) is 47.8 Å². The Morgan fingerprint density at radius 3 is 2.48 bits per heavy atom. The van der Waals surface area contributed by atoms with Gasteiger partial charge in [0.25, 0.3) is 0 Å². The second-order valence-electron chi connectivity index (χ2n) is 8.60. The van der Waals surface area contributed by atoms with E-state index in [1.807, 2.05) is 0 Å². The fourth-order valence-electron chi connectivity index (χ4n) is 4.51. The molecule has 0 aliphatic carbocycles. The van der Waals surface area contributed by atoms with Gasteiger partial charge in [0.1, 0.15) is 0 Å². The Labute approximate surface area is 195 Å². The van der Waals surface area contributed by atoms with Gasteiger partial charge in [-0.1, -0.05) is 19.8 Å². The van der Waals surface area contributed by atoms with Gasteiger partial charge in [-0.3, -0.25) is 10.3 Å². The number of hydrogen-bond acceptors (Lipinski definition) is 9. The summed E-state index contributed by atoms with van der Waals surface area (Å²) in [5, 5.41) is 8.67. The van der Waals surface area contributed by atoms with E-state index < -0.39 is 5.82 Å².